The first kappa shape index (κ1) is 14.2. The van der Waals surface area contributed by atoms with Gasteiger partial charge in [-0.15, -0.1) is 0 Å². The van der Waals surface area contributed by atoms with Crippen molar-refractivity contribution in [1.29, 1.82) is 0 Å². The number of nitrogens with two attached hydrogens (primary N) is 1. The Hall–Kier alpha value is -1.19. The van der Waals surface area contributed by atoms with Crippen LogP contribution in [0.1, 0.15) is 33.9 Å². The van der Waals surface area contributed by atoms with Crippen molar-refractivity contribution in [2.45, 2.75) is 26.8 Å². The van der Waals surface area contributed by atoms with E-state index in [1.54, 1.807) is 0 Å². The van der Waals surface area contributed by atoms with E-state index in [-0.39, 0.29) is 5.82 Å². The molecule has 0 saturated carbocycles. The highest BCUT2D eigenvalue weighted by Crippen LogP contribution is 2.28. The molecule has 0 fully saturated rings. The third kappa shape index (κ3) is 3.04. The minimum absolute atomic E-state index is 0.234. The molecule has 1 atom stereocenters. The van der Waals surface area contributed by atoms with Gasteiger partial charge in [0.05, 0.1) is 6.04 Å². The molecule has 0 amide bonds. The molecule has 100 valence electrons. The first-order chi connectivity index (χ1) is 8.88. The lowest BCUT2D eigenvalue weighted by Gasteiger charge is -2.18. The predicted molar refractivity (Wildman–Crippen MR) is 80.8 cm³/mol. The van der Waals surface area contributed by atoms with Crippen molar-refractivity contribution in [1.82, 2.24) is 0 Å². The highest BCUT2D eigenvalue weighted by Gasteiger charge is 2.17. The third-order valence-electron chi connectivity index (χ3n) is 3.22. The van der Waals surface area contributed by atoms with E-state index in [2.05, 4.69) is 15.9 Å². The number of benzene rings is 2. The van der Waals surface area contributed by atoms with Crippen LogP contribution in [0, 0.1) is 26.6 Å². The van der Waals surface area contributed by atoms with Crippen LogP contribution in [0.5, 0.6) is 0 Å². The number of rotatable bonds is 2. The van der Waals surface area contributed by atoms with Crippen molar-refractivity contribution in [2.75, 3.05) is 0 Å². The van der Waals surface area contributed by atoms with Crippen LogP contribution in [0.15, 0.2) is 34.8 Å². The van der Waals surface area contributed by atoms with Crippen LogP contribution in [0.3, 0.4) is 0 Å². The zero-order valence-corrected chi connectivity index (χ0v) is 12.9. The van der Waals surface area contributed by atoms with Crippen molar-refractivity contribution in [2.24, 2.45) is 5.73 Å². The Morgan fingerprint density at radius 1 is 1.00 bits per heavy atom. The quantitative estimate of drug-likeness (QED) is 0.862. The molecule has 0 aliphatic carbocycles. The van der Waals surface area contributed by atoms with Crippen LogP contribution in [0.2, 0.25) is 0 Å². The lowest BCUT2D eigenvalue weighted by Crippen LogP contribution is -2.15. The number of aryl methyl sites for hydroxylation is 3. The summed E-state index contributed by atoms with van der Waals surface area (Å²) in [7, 11) is 0. The molecule has 0 aliphatic rings. The average Bonchev–Trinajstić information content (AvgIpc) is 2.25. The molecular formula is C16H17BrFN. The van der Waals surface area contributed by atoms with Gasteiger partial charge in [-0.2, -0.15) is 0 Å². The van der Waals surface area contributed by atoms with E-state index >= 15 is 0 Å². The Balaban J connectivity index is 2.52. The third-order valence-corrected chi connectivity index (χ3v) is 3.67. The highest BCUT2D eigenvalue weighted by atomic mass is 79.9. The molecule has 0 aliphatic heterocycles. The molecule has 1 nitrogen and oxygen atoms in total. The molecule has 2 rings (SSSR count). The van der Waals surface area contributed by atoms with Gasteiger partial charge < -0.3 is 5.73 Å². The molecule has 2 aromatic rings. The van der Waals surface area contributed by atoms with Crippen molar-refractivity contribution in [3.05, 3.63) is 68.4 Å². The van der Waals surface area contributed by atoms with E-state index in [9.17, 15) is 4.39 Å². The molecule has 0 aromatic heterocycles. The largest absolute Gasteiger partial charge is 0.320 e. The fourth-order valence-corrected chi connectivity index (χ4v) is 3.06. The Labute approximate surface area is 121 Å². The Morgan fingerprint density at radius 2 is 1.63 bits per heavy atom. The molecular weight excluding hydrogens is 305 g/mol. The second kappa shape index (κ2) is 5.43. The van der Waals surface area contributed by atoms with Gasteiger partial charge in [-0.1, -0.05) is 28.1 Å². The smallest absolute Gasteiger partial charge is 0.128 e. The van der Waals surface area contributed by atoms with Crippen LogP contribution >= 0.6 is 15.9 Å². The lowest BCUT2D eigenvalue weighted by atomic mass is 9.93. The van der Waals surface area contributed by atoms with E-state index in [0.29, 0.717) is 5.56 Å². The zero-order chi connectivity index (χ0) is 14.2. The molecule has 0 bridgehead atoms. The van der Waals surface area contributed by atoms with Gasteiger partial charge in [-0.3, -0.25) is 0 Å². The maximum atomic E-state index is 14.2. The van der Waals surface area contributed by atoms with Crippen LogP contribution in [-0.2, 0) is 0 Å². The summed E-state index contributed by atoms with van der Waals surface area (Å²) in [5.74, 6) is -0.234. The van der Waals surface area contributed by atoms with Crippen molar-refractivity contribution in [3.63, 3.8) is 0 Å². The predicted octanol–water partition coefficient (Wildman–Crippen LogP) is 4.56. The molecule has 2 aromatic carbocycles. The lowest BCUT2D eigenvalue weighted by molar-refractivity contribution is 0.596. The van der Waals surface area contributed by atoms with Gasteiger partial charge in [0, 0.05) is 10.0 Å². The topological polar surface area (TPSA) is 26.0 Å². The molecule has 19 heavy (non-hydrogen) atoms. The maximum Gasteiger partial charge on any atom is 0.128 e. The summed E-state index contributed by atoms with van der Waals surface area (Å²) in [6.45, 7) is 5.78. The summed E-state index contributed by atoms with van der Waals surface area (Å²) >= 11 is 3.45. The molecule has 0 saturated heterocycles. The fourth-order valence-electron chi connectivity index (χ4n) is 2.43. The van der Waals surface area contributed by atoms with E-state index in [4.69, 9.17) is 5.73 Å². The second-order valence-electron chi connectivity index (χ2n) is 5.02. The molecule has 0 heterocycles. The van der Waals surface area contributed by atoms with Gasteiger partial charge in [-0.25, -0.2) is 4.39 Å². The van der Waals surface area contributed by atoms with Crippen LogP contribution < -0.4 is 5.73 Å². The Morgan fingerprint density at radius 3 is 2.21 bits per heavy atom. The van der Waals surface area contributed by atoms with Crippen LogP contribution in [-0.4, -0.2) is 0 Å². The maximum absolute atomic E-state index is 14.2. The standard InChI is InChI=1S/C16H17BrFN/c1-9-4-11(3)15(14(18)7-9)16(19)12-5-10(2)6-13(17)8-12/h4-8,16H,19H2,1-3H3. The molecule has 2 N–H and O–H groups in total. The molecule has 0 spiro atoms. The normalized spacial score (nSPS) is 12.5. The van der Waals surface area contributed by atoms with Gasteiger partial charge in [0.15, 0.2) is 0 Å². The zero-order valence-electron chi connectivity index (χ0n) is 11.3. The van der Waals surface area contributed by atoms with Gasteiger partial charge in [-0.05, 0) is 61.2 Å². The van der Waals surface area contributed by atoms with Crippen LogP contribution in [0.4, 0.5) is 4.39 Å². The monoisotopic (exact) mass is 321 g/mol. The fraction of sp³-hybridized carbons (Fsp3) is 0.250. The van der Waals surface area contributed by atoms with Crippen molar-refractivity contribution < 1.29 is 4.39 Å². The van der Waals surface area contributed by atoms with Crippen LogP contribution in [0.25, 0.3) is 0 Å². The first-order valence-electron chi connectivity index (χ1n) is 6.18. The highest BCUT2D eigenvalue weighted by molar-refractivity contribution is 9.10. The summed E-state index contributed by atoms with van der Waals surface area (Å²) in [4.78, 5) is 0. The average molecular weight is 322 g/mol. The summed E-state index contributed by atoms with van der Waals surface area (Å²) in [5, 5.41) is 0. The summed E-state index contributed by atoms with van der Waals surface area (Å²) in [5.41, 5.74) is 10.6. The van der Waals surface area contributed by atoms with E-state index in [1.807, 2.05) is 45.0 Å². The minimum atomic E-state index is -0.447. The van der Waals surface area contributed by atoms with Crippen molar-refractivity contribution in [3.8, 4) is 0 Å². The molecule has 3 heteroatoms. The van der Waals surface area contributed by atoms with E-state index in [1.165, 1.54) is 6.07 Å². The van der Waals surface area contributed by atoms with Crippen molar-refractivity contribution >= 4 is 15.9 Å². The number of halogens is 2. The first-order valence-corrected chi connectivity index (χ1v) is 6.97. The Bertz CT molecular complexity index is 579. The van der Waals surface area contributed by atoms with Gasteiger partial charge in [0.25, 0.3) is 0 Å². The second-order valence-corrected chi connectivity index (χ2v) is 5.93. The molecule has 0 radical (unpaired) electrons. The minimum Gasteiger partial charge on any atom is -0.320 e. The number of hydrogen-bond donors (Lipinski definition) is 1. The van der Waals surface area contributed by atoms with Gasteiger partial charge >= 0.3 is 0 Å². The molecule has 1 unspecified atom stereocenters. The summed E-state index contributed by atoms with van der Waals surface area (Å²) in [6, 6.07) is 8.99. The SMILES string of the molecule is Cc1cc(Br)cc(C(N)c2c(C)cc(C)cc2F)c1. The van der Waals surface area contributed by atoms with E-state index < -0.39 is 6.04 Å². The van der Waals surface area contributed by atoms with Gasteiger partial charge in [0.1, 0.15) is 5.82 Å². The Kier molecular flexibility index (Phi) is 4.07. The summed E-state index contributed by atoms with van der Waals surface area (Å²) in [6.07, 6.45) is 0. The van der Waals surface area contributed by atoms with Gasteiger partial charge in [0.2, 0.25) is 0 Å². The van der Waals surface area contributed by atoms with E-state index in [0.717, 1.165) is 26.7 Å². The summed E-state index contributed by atoms with van der Waals surface area (Å²) < 4.78 is 15.1. The number of hydrogen-bond acceptors (Lipinski definition) is 1.